The van der Waals surface area contributed by atoms with Crippen LogP contribution in [0.1, 0.15) is 40.6 Å². The molecule has 1 unspecified atom stereocenters. The fraction of sp³-hybridized carbons (Fsp3) is 0.316. The zero-order valence-corrected chi connectivity index (χ0v) is 15.4. The molecule has 2 aromatic heterocycles. The molecule has 7 nitrogen and oxygen atoms in total. The Labute approximate surface area is 151 Å². The molecule has 0 aliphatic heterocycles. The molecule has 1 amide bonds. The Kier molecular flexibility index (Phi) is 4.79. The van der Waals surface area contributed by atoms with E-state index in [9.17, 15) is 4.79 Å². The maximum absolute atomic E-state index is 12.6. The second-order valence-electron chi connectivity index (χ2n) is 6.12. The van der Waals surface area contributed by atoms with Crippen LogP contribution >= 0.6 is 0 Å². The number of imidazole rings is 1. The molecule has 2 heterocycles. The van der Waals surface area contributed by atoms with E-state index in [0.29, 0.717) is 23.6 Å². The van der Waals surface area contributed by atoms with Gasteiger partial charge in [0, 0.05) is 12.6 Å². The van der Waals surface area contributed by atoms with Crippen molar-refractivity contribution in [3.05, 3.63) is 53.7 Å². The Bertz CT molecular complexity index is 951. The van der Waals surface area contributed by atoms with E-state index >= 15 is 0 Å². The van der Waals surface area contributed by atoms with E-state index in [4.69, 9.17) is 14.2 Å². The van der Waals surface area contributed by atoms with Gasteiger partial charge in [-0.2, -0.15) is 0 Å². The summed E-state index contributed by atoms with van der Waals surface area (Å²) in [5.74, 6) is 1.76. The van der Waals surface area contributed by atoms with Crippen molar-refractivity contribution in [1.29, 1.82) is 0 Å². The number of aromatic nitrogens is 3. The number of amides is 1. The fourth-order valence-corrected chi connectivity index (χ4v) is 3.04. The number of fused-ring (bicyclic) bond motifs is 1. The van der Waals surface area contributed by atoms with Gasteiger partial charge in [-0.15, -0.1) is 6.58 Å². The molecule has 0 saturated carbocycles. The van der Waals surface area contributed by atoms with E-state index in [1.807, 2.05) is 29.7 Å². The van der Waals surface area contributed by atoms with Crippen LogP contribution in [0, 0.1) is 13.8 Å². The molecule has 0 aliphatic carbocycles. The Morgan fingerprint density at radius 3 is 2.85 bits per heavy atom. The number of rotatable bonds is 6. The monoisotopic (exact) mass is 354 g/mol. The number of hydrogen-bond donors (Lipinski definition) is 1. The standard InChI is InChI=1S/C19H22N4O3/c1-6-9-23-16-10-14(25-5)7-8-15(16)21-18(23)12(3)20-19(24)17-11(2)22-26-13(17)4/h6-8,10,12H,1,9H2,2-5H3,(H,20,24). The number of nitrogens with zero attached hydrogens (tertiary/aromatic N) is 3. The van der Waals surface area contributed by atoms with Crippen LogP contribution in [0.3, 0.4) is 0 Å². The lowest BCUT2D eigenvalue weighted by Gasteiger charge is -2.15. The van der Waals surface area contributed by atoms with Crippen molar-refractivity contribution < 1.29 is 14.1 Å². The summed E-state index contributed by atoms with van der Waals surface area (Å²) in [6.07, 6.45) is 1.80. The van der Waals surface area contributed by atoms with Gasteiger partial charge in [-0.05, 0) is 32.9 Å². The van der Waals surface area contributed by atoms with Crippen LogP contribution in [-0.2, 0) is 6.54 Å². The first-order valence-corrected chi connectivity index (χ1v) is 8.35. The van der Waals surface area contributed by atoms with Gasteiger partial charge in [-0.1, -0.05) is 11.2 Å². The summed E-state index contributed by atoms with van der Waals surface area (Å²) >= 11 is 0. The van der Waals surface area contributed by atoms with Crippen LogP contribution in [0.15, 0.2) is 35.4 Å². The lowest BCUT2D eigenvalue weighted by molar-refractivity contribution is 0.0935. The van der Waals surface area contributed by atoms with Crippen molar-refractivity contribution in [2.24, 2.45) is 0 Å². The normalized spacial score (nSPS) is 12.2. The van der Waals surface area contributed by atoms with Crippen LogP contribution < -0.4 is 10.1 Å². The van der Waals surface area contributed by atoms with Crippen LogP contribution in [-0.4, -0.2) is 27.7 Å². The average molecular weight is 354 g/mol. The Morgan fingerprint density at radius 2 is 2.23 bits per heavy atom. The summed E-state index contributed by atoms with van der Waals surface area (Å²) in [4.78, 5) is 17.3. The third-order valence-corrected chi connectivity index (χ3v) is 4.29. The van der Waals surface area contributed by atoms with Gasteiger partial charge in [0.25, 0.3) is 5.91 Å². The minimum Gasteiger partial charge on any atom is -0.497 e. The fourth-order valence-electron chi connectivity index (χ4n) is 3.04. The first-order valence-electron chi connectivity index (χ1n) is 8.35. The number of carbonyl (C=O) groups excluding carboxylic acids is 1. The predicted molar refractivity (Wildman–Crippen MR) is 98.3 cm³/mol. The van der Waals surface area contributed by atoms with Crippen LogP contribution in [0.2, 0.25) is 0 Å². The largest absolute Gasteiger partial charge is 0.497 e. The minimum atomic E-state index is -0.311. The van der Waals surface area contributed by atoms with Gasteiger partial charge in [0.2, 0.25) is 0 Å². The highest BCUT2D eigenvalue weighted by Crippen LogP contribution is 2.25. The number of nitrogens with one attached hydrogen (secondary N) is 1. The minimum absolute atomic E-state index is 0.233. The second kappa shape index (κ2) is 7.03. The molecule has 26 heavy (non-hydrogen) atoms. The smallest absolute Gasteiger partial charge is 0.257 e. The number of methoxy groups -OCH3 is 1. The molecule has 1 N–H and O–H groups in total. The van der Waals surface area contributed by atoms with Gasteiger partial charge in [0.15, 0.2) is 0 Å². The lowest BCUT2D eigenvalue weighted by Crippen LogP contribution is -2.29. The third-order valence-electron chi connectivity index (χ3n) is 4.29. The zero-order valence-electron chi connectivity index (χ0n) is 15.4. The van der Waals surface area contributed by atoms with E-state index < -0.39 is 0 Å². The first kappa shape index (κ1) is 17.7. The SMILES string of the molecule is C=CCn1c(C(C)NC(=O)c2c(C)noc2C)nc2ccc(OC)cc21. The number of carbonyl (C=O) groups is 1. The third kappa shape index (κ3) is 3.08. The molecule has 3 aromatic rings. The van der Waals surface area contributed by atoms with Crippen molar-refractivity contribution in [2.75, 3.05) is 7.11 Å². The van der Waals surface area contributed by atoms with Gasteiger partial charge in [0.1, 0.15) is 22.9 Å². The number of hydrogen-bond acceptors (Lipinski definition) is 5. The summed E-state index contributed by atoms with van der Waals surface area (Å²) in [7, 11) is 1.63. The maximum atomic E-state index is 12.6. The topological polar surface area (TPSA) is 82.2 Å². The van der Waals surface area contributed by atoms with Crippen molar-refractivity contribution in [2.45, 2.75) is 33.4 Å². The van der Waals surface area contributed by atoms with Crippen LogP contribution in [0.25, 0.3) is 11.0 Å². The van der Waals surface area contributed by atoms with Crippen LogP contribution in [0.5, 0.6) is 5.75 Å². The molecule has 1 aromatic carbocycles. The van der Waals surface area contributed by atoms with E-state index in [0.717, 1.165) is 22.6 Å². The zero-order chi connectivity index (χ0) is 18.8. The molecule has 0 fully saturated rings. The van der Waals surface area contributed by atoms with Crippen molar-refractivity contribution >= 4 is 16.9 Å². The van der Waals surface area contributed by atoms with E-state index in [1.54, 1.807) is 27.0 Å². The number of ether oxygens (including phenoxy) is 1. The first-order chi connectivity index (χ1) is 12.5. The summed E-state index contributed by atoms with van der Waals surface area (Å²) in [5, 5.41) is 6.82. The van der Waals surface area contributed by atoms with E-state index in [-0.39, 0.29) is 11.9 Å². The molecule has 1 atom stereocenters. The molecule has 0 radical (unpaired) electrons. The maximum Gasteiger partial charge on any atom is 0.257 e. The lowest BCUT2D eigenvalue weighted by atomic mass is 10.2. The molecular weight excluding hydrogens is 332 g/mol. The number of aryl methyl sites for hydroxylation is 2. The van der Waals surface area contributed by atoms with Gasteiger partial charge in [-0.25, -0.2) is 4.98 Å². The molecular formula is C19H22N4O3. The molecule has 0 bridgehead atoms. The van der Waals surface area contributed by atoms with Gasteiger partial charge in [0.05, 0.1) is 29.9 Å². The van der Waals surface area contributed by atoms with Gasteiger partial charge >= 0.3 is 0 Å². The molecule has 0 aliphatic rings. The molecule has 0 saturated heterocycles. The van der Waals surface area contributed by atoms with Gasteiger partial charge < -0.3 is 19.1 Å². The Hall–Kier alpha value is -3.09. The van der Waals surface area contributed by atoms with E-state index in [1.165, 1.54) is 0 Å². The molecule has 7 heteroatoms. The molecule has 3 rings (SSSR count). The Morgan fingerprint density at radius 1 is 1.46 bits per heavy atom. The van der Waals surface area contributed by atoms with Crippen molar-refractivity contribution in [1.82, 2.24) is 20.0 Å². The highest BCUT2D eigenvalue weighted by atomic mass is 16.5. The van der Waals surface area contributed by atoms with Crippen molar-refractivity contribution in [3.63, 3.8) is 0 Å². The van der Waals surface area contributed by atoms with Gasteiger partial charge in [-0.3, -0.25) is 4.79 Å². The van der Waals surface area contributed by atoms with Crippen LogP contribution in [0.4, 0.5) is 0 Å². The second-order valence-corrected chi connectivity index (χ2v) is 6.12. The van der Waals surface area contributed by atoms with Crippen molar-refractivity contribution in [3.8, 4) is 5.75 Å². The predicted octanol–water partition coefficient (Wildman–Crippen LogP) is 3.33. The summed E-state index contributed by atoms with van der Waals surface area (Å²) in [5.41, 5.74) is 2.79. The highest BCUT2D eigenvalue weighted by Gasteiger charge is 2.22. The Balaban J connectivity index is 1.97. The quantitative estimate of drug-likeness (QED) is 0.687. The highest BCUT2D eigenvalue weighted by molar-refractivity contribution is 5.96. The average Bonchev–Trinajstić information content (AvgIpc) is 3.15. The molecule has 136 valence electrons. The summed E-state index contributed by atoms with van der Waals surface area (Å²) in [6.45, 7) is 9.76. The number of benzene rings is 1. The summed E-state index contributed by atoms with van der Waals surface area (Å²) < 4.78 is 12.4. The molecule has 0 spiro atoms. The van der Waals surface area contributed by atoms with E-state index in [2.05, 4.69) is 17.1 Å². The summed E-state index contributed by atoms with van der Waals surface area (Å²) in [6, 6.07) is 5.39. The number of allylic oxidation sites excluding steroid dienone is 1.